The van der Waals surface area contributed by atoms with Gasteiger partial charge in [-0.2, -0.15) is 0 Å². The molecule has 0 bridgehead atoms. The molecule has 1 heteroatoms. The Hall–Kier alpha value is -1.76. The van der Waals surface area contributed by atoms with Crippen LogP contribution in [0.15, 0.2) is 61.3 Å². The minimum atomic E-state index is 0.852. The van der Waals surface area contributed by atoms with Gasteiger partial charge in [-0.25, -0.2) is 0 Å². The van der Waals surface area contributed by atoms with Crippen molar-refractivity contribution >= 4 is 5.57 Å². The molecule has 1 rings (SSSR count). The van der Waals surface area contributed by atoms with Crippen molar-refractivity contribution < 1.29 is 0 Å². The van der Waals surface area contributed by atoms with Crippen LogP contribution in [0.2, 0.25) is 0 Å². The Morgan fingerprint density at radius 3 is 2.44 bits per heavy atom. The van der Waals surface area contributed by atoms with Gasteiger partial charge in [-0.1, -0.05) is 56.0 Å². The van der Waals surface area contributed by atoms with E-state index in [9.17, 15) is 0 Å². The molecule has 18 heavy (non-hydrogen) atoms. The number of allylic oxidation sites excluding steroid dienone is 2. The van der Waals surface area contributed by atoms with E-state index in [-0.39, 0.29) is 0 Å². The second-order valence-electron chi connectivity index (χ2n) is 4.37. The summed E-state index contributed by atoms with van der Waals surface area (Å²) in [5, 5.41) is 0. The van der Waals surface area contributed by atoms with E-state index in [0.717, 1.165) is 25.2 Å². The van der Waals surface area contributed by atoms with Crippen LogP contribution in [-0.4, -0.2) is 18.0 Å². The Bertz CT molecular complexity index is 414. The largest absolute Gasteiger partial charge is 0.368 e. The predicted molar refractivity (Wildman–Crippen MR) is 81.3 cm³/mol. The van der Waals surface area contributed by atoms with Crippen molar-refractivity contribution in [2.45, 2.75) is 20.3 Å². The van der Waals surface area contributed by atoms with Crippen molar-refractivity contribution in [2.75, 3.05) is 13.1 Å². The van der Waals surface area contributed by atoms with Gasteiger partial charge in [0.15, 0.2) is 0 Å². The lowest BCUT2D eigenvalue weighted by Crippen LogP contribution is -2.22. The normalized spacial score (nSPS) is 11.1. The van der Waals surface area contributed by atoms with Crippen LogP contribution in [0, 0.1) is 0 Å². The quantitative estimate of drug-likeness (QED) is 0.635. The molecule has 1 aromatic carbocycles. The Labute approximate surface area is 111 Å². The Balaban J connectivity index is 2.71. The molecule has 0 aromatic heterocycles. The van der Waals surface area contributed by atoms with Gasteiger partial charge < -0.3 is 4.90 Å². The van der Waals surface area contributed by atoms with E-state index in [2.05, 4.69) is 62.2 Å². The van der Waals surface area contributed by atoms with Gasteiger partial charge >= 0.3 is 0 Å². The van der Waals surface area contributed by atoms with E-state index in [0.29, 0.717) is 0 Å². The third-order valence-corrected chi connectivity index (χ3v) is 3.05. The molecule has 0 amide bonds. The van der Waals surface area contributed by atoms with E-state index in [1.807, 2.05) is 12.1 Å². The molecule has 0 aliphatic carbocycles. The SMILES string of the molecule is C=CCN(C/C=C(\C)c1ccccc1)C(=C)CC. The zero-order chi connectivity index (χ0) is 13.4. The van der Waals surface area contributed by atoms with Crippen LogP contribution in [0.5, 0.6) is 0 Å². The molecule has 1 aromatic rings. The molecule has 0 spiro atoms. The number of benzene rings is 1. The lowest BCUT2D eigenvalue weighted by atomic mass is 10.1. The molecule has 0 saturated carbocycles. The van der Waals surface area contributed by atoms with E-state index < -0.39 is 0 Å². The number of hydrogen-bond donors (Lipinski definition) is 0. The molecule has 0 fully saturated rings. The maximum atomic E-state index is 4.09. The van der Waals surface area contributed by atoms with Crippen LogP contribution in [-0.2, 0) is 0 Å². The number of nitrogens with zero attached hydrogens (tertiary/aromatic N) is 1. The zero-order valence-electron chi connectivity index (χ0n) is 11.5. The monoisotopic (exact) mass is 241 g/mol. The summed E-state index contributed by atoms with van der Waals surface area (Å²) in [5.74, 6) is 0. The molecule has 0 saturated heterocycles. The molecular weight excluding hydrogens is 218 g/mol. The highest BCUT2D eigenvalue weighted by molar-refractivity contribution is 5.63. The Morgan fingerprint density at radius 2 is 1.89 bits per heavy atom. The summed E-state index contributed by atoms with van der Waals surface area (Å²) < 4.78 is 0. The van der Waals surface area contributed by atoms with E-state index >= 15 is 0 Å². The fourth-order valence-electron chi connectivity index (χ4n) is 1.78. The first kappa shape index (κ1) is 14.3. The minimum absolute atomic E-state index is 0.852. The van der Waals surface area contributed by atoms with Crippen LogP contribution in [0.3, 0.4) is 0 Å². The first-order valence-corrected chi connectivity index (χ1v) is 6.44. The molecule has 96 valence electrons. The summed E-state index contributed by atoms with van der Waals surface area (Å²) in [7, 11) is 0. The molecule has 0 heterocycles. The first-order chi connectivity index (χ1) is 8.69. The van der Waals surface area contributed by atoms with Crippen molar-refractivity contribution in [1.82, 2.24) is 4.90 Å². The second kappa shape index (κ2) is 7.54. The molecule has 0 aliphatic heterocycles. The average molecular weight is 241 g/mol. The van der Waals surface area contributed by atoms with Gasteiger partial charge in [0.25, 0.3) is 0 Å². The van der Waals surface area contributed by atoms with Gasteiger partial charge in [0.05, 0.1) is 0 Å². The topological polar surface area (TPSA) is 3.24 Å². The van der Waals surface area contributed by atoms with E-state index in [1.54, 1.807) is 0 Å². The van der Waals surface area contributed by atoms with Crippen molar-refractivity contribution in [3.05, 3.63) is 66.9 Å². The summed E-state index contributed by atoms with van der Waals surface area (Å²) in [6.45, 7) is 13.9. The third kappa shape index (κ3) is 4.25. The van der Waals surface area contributed by atoms with Gasteiger partial charge in [-0.05, 0) is 24.5 Å². The Kier molecular flexibility index (Phi) is 5.99. The Morgan fingerprint density at radius 1 is 1.22 bits per heavy atom. The third-order valence-electron chi connectivity index (χ3n) is 3.05. The molecule has 1 nitrogen and oxygen atoms in total. The van der Waals surface area contributed by atoms with Crippen molar-refractivity contribution in [1.29, 1.82) is 0 Å². The van der Waals surface area contributed by atoms with Crippen LogP contribution in [0.1, 0.15) is 25.8 Å². The summed E-state index contributed by atoms with van der Waals surface area (Å²) >= 11 is 0. The van der Waals surface area contributed by atoms with Crippen molar-refractivity contribution in [2.24, 2.45) is 0 Å². The number of hydrogen-bond acceptors (Lipinski definition) is 1. The smallest absolute Gasteiger partial charge is 0.0365 e. The predicted octanol–water partition coefficient (Wildman–Crippen LogP) is 4.50. The molecule has 0 N–H and O–H groups in total. The van der Waals surface area contributed by atoms with Crippen molar-refractivity contribution in [3.8, 4) is 0 Å². The van der Waals surface area contributed by atoms with Gasteiger partial charge in [0, 0.05) is 18.8 Å². The van der Waals surface area contributed by atoms with Crippen LogP contribution < -0.4 is 0 Å². The lowest BCUT2D eigenvalue weighted by Gasteiger charge is -2.23. The van der Waals surface area contributed by atoms with Crippen LogP contribution in [0.25, 0.3) is 5.57 Å². The zero-order valence-corrected chi connectivity index (χ0v) is 11.5. The fourth-order valence-corrected chi connectivity index (χ4v) is 1.78. The standard InChI is InChI=1S/C17H23N/c1-5-13-18(16(4)6-2)14-12-15(3)17-10-8-7-9-11-17/h5,7-12H,1,4,6,13-14H2,2-3H3/b15-12+. The van der Waals surface area contributed by atoms with Gasteiger partial charge in [-0.15, -0.1) is 6.58 Å². The molecule has 0 unspecified atom stereocenters. The average Bonchev–Trinajstić information content (AvgIpc) is 2.43. The van der Waals surface area contributed by atoms with Gasteiger partial charge in [0.2, 0.25) is 0 Å². The molecule has 0 aliphatic rings. The van der Waals surface area contributed by atoms with Gasteiger partial charge in [0.1, 0.15) is 0 Å². The highest BCUT2D eigenvalue weighted by Gasteiger charge is 2.02. The highest BCUT2D eigenvalue weighted by Crippen LogP contribution is 2.14. The van der Waals surface area contributed by atoms with Crippen LogP contribution >= 0.6 is 0 Å². The highest BCUT2D eigenvalue weighted by atomic mass is 15.1. The van der Waals surface area contributed by atoms with Crippen molar-refractivity contribution in [3.63, 3.8) is 0 Å². The molecule has 0 atom stereocenters. The molecular formula is C17H23N. The van der Waals surface area contributed by atoms with E-state index in [4.69, 9.17) is 0 Å². The summed E-state index contributed by atoms with van der Waals surface area (Å²) in [6, 6.07) is 10.5. The number of rotatable bonds is 7. The fraction of sp³-hybridized carbons (Fsp3) is 0.294. The second-order valence-corrected chi connectivity index (χ2v) is 4.37. The summed E-state index contributed by atoms with van der Waals surface area (Å²) in [5.41, 5.74) is 3.73. The summed E-state index contributed by atoms with van der Waals surface area (Å²) in [6.07, 6.45) is 5.15. The molecule has 0 radical (unpaired) electrons. The first-order valence-electron chi connectivity index (χ1n) is 6.44. The van der Waals surface area contributed by atoms with Crippen LogP contribution in [0.4, 0.5) is 0 Å². The maximum Gasteiger partial charge on any atom is 0.0365 e. The minimum Gasteiger partial charge on any atom is -0.368 e. The van der Waals surface area contributed by atoms with Gasteiger partial charge in [-0.3, -0.25) is 0 Å². The maximum absolute atomic E-state index is 4.09. The summed E-state index contributed by atoms with van der Waals surface area (Å²) in [4.78, 5) is 2.25. The lowest BCUT2D eigenvalue weighted by molar-refractivity contribution is 0.411. The van der Waals surface area contributed by atoms with E-state index in [1.165, 1.54) is 11.1 Å².